The van der Waals surface area contributed by atoms with Gasteiger partial charge in [-0.3, -0.25) is 4.94 Å². The lowest BCUT2D eigenvalue weighted by Crippen LogP contribution is -2.37. The summed E-state index contributed by atoms with van der Waals surface area (Å²) < 4.78 is 62.5. The van der Waals surface area contributed by atoms with Crippen LogP contribution in [0.4, 0.5) is 22.6 Å². The molecule has 0 aliphatic heterocycles. The molecule has 0 bridgehead atoms. The second kappa shape index (κ2) is 6.68. The molecule has 0 saturated heterocycles. The van der Waals surface area contributed by atoms with E-state index in [1.54, 1.807) is 0 Å². The lowest BCUT2D eigenvalue weighted by Gasteiger charge is -2.21. The van der Waals surface area contributed by atoms with E-state index in [1.807, 2.05) is 0 Å². The minimum atomic E-state index is -3.77. The molecule has 0 aromatic heterocycles. The standard InChI is InChI=1S/C5H3F5O6/c1-2-11-5(15-9,16-10)3(12-6)4(13-7)14-8/h2H,1H2. The van der Waals surface area contributed by atoms with Gasteiger partial charge in [0.2, 0.25) is 0 Å². The summed E-state index contributed by atoms with van der Waals surface area (Å²) in [6.07, 6.45) is 0.270. The lowest BCUT2D eigenvalue weighted by atomic mass is 10.4. The van der Waals surface area contributed by atoms with Crippen LogP contribution in [0.3, 0.4) is 0 Å². The van der Waals surface area contributed by atoms with Gasteiger partial charge in [-0.1, -0.05) is 6.58 Å². The van der Waals surface area contributed by atoms with Gasteiger partial charge in [0.15, 0.2) is 0 Å². The number of hydrogen-bond donors (Lipinski definition) is 0. The maximum atomic E-state index is 11.9. The topological polar surface area (TPSA) is 55.4 Å². The quantitative estimate of drug-likeness (QED) is 0.376. The van der Waals surface area contributed by atoms with E-state index in [-0.39, 0.29) is 6.26 Å². The zero-order chi connectivity index (χ0) is 12.6. The van der Waals surface area contributed by atoms with Crippen molar-refractivity contribution in [1.29, 1.82) is 0 Å². The molecule has 16 heavy (non-hydrogen) atoms. The molecule has 0 atom stereocenters. The molecule has 0 aromatic rings. The molecule has 0 radical (unpaired) electrons. The molecule has 0 aromatic carbocycles. The van der Waals surface area contributed by atoms with Crippen LogP contribution in [0.2, 0.25) is 0 Å². The maximum Gasteiger partial charge on any atom is 0.462 e. The van der Waals surface area contributed by atoms with Crippen LogP contribution in [-0.4, -0.2) is 5.97 Å². The lowest BCUT2D eigenvalue weighted by molar-refractivity contribution is -0.492. The van der Waals surface area contributed by atoms with Crippen LogP contribution in [0.1, 0.15) is 0 Å². The average Bonchev–Trinajstić information content (AvgIpc) is 2.33. The second-order valence-corrected chi connectivity index (χ2v) is 1.84. The Morgan fingerprint density at radius 2 is 1.44 bits per heavy atom. The van der Waals surface area contributed by atoms with Crippen molar-refractivity contribution in [1.82, 2.24) is 0 Å². The molecule has 0 amide bonds. The normalized spacial score (nSPS) is 10.3. The van der Waals surface area contributed by atoms with Crippen LogP contribution in [0, 0.1) is 0 Å². The summed E-state index contributed by atoms with van der Waals surface area (Å²) in [5.41, 5.74) is 0. The Bertz CT molecular complexity index is 248. The molecule has 0 saturated carbocycles. The molecule has 0 fully saturated rings. The van der Waals surface area contributed by atoms with Gasteiger partial charge in [-0.15, -0.1) is 9.88 Å². The molecule has 0 spiro atoms. The molecule has 0 N–H and O–H groups in total. The number of ether oxygens (including phenoxy) is 1. The average molecular weight is 254 g/mol. The number of halogens is 5. The minimum Gasteiger partial charge on any atom is -0.438 e. The molecule has 94 valence electrons. The van der Waals surface area contributed by atoms with Gasteiger partial charge in [0.1, 0.15) is 0 Å². The highest BCUT2D eigenvalue weighted by Crippen LogP contribution is 2.31. The van der Waals surface area contributed by atoms with Gasteiger partial charge in [0.25, 0.3) is 0 Å². The molecule has 0 aliphatic carbocycles. The molecule has 0 aliphatic rings. The molecular weight excluding hydrogens is 251 g/mol. The van der Waals surface area contributed by atoms with E-state index in [9.17, 15) is 22.6 Å². The second-order valence-electron chi connectivity index (χ2n) is 1.84. The van der Waals surface area contributed by atoms with Crippen LogP contribution in [0.15, 0.2) is 24.5 Å². The van der Waals surface area contributed by atoms with Crippen LogP contribution in [0.25, 0.3) is 0 Å². The van der Waals surface area contributed by atoms with Crippen molar-refractivity contribution < 1.29 is 52.1 Å². The summed E-state index contributed by atoms with van der Waals surface area (Å²) in [5, 5.41) is 0. The Morgan fingerprint density at radius 3 is 1.69 bits per heavy atom. The van der Waals surface area contributed by atoms with Crippen LogP contribution >= 0.6 is 0 Å². The summed E-state index contributed by atoms with van der Waals surface area (Å²) in [6.45, 7) is 2.78. The molecular formula is C5H3F5O6. The SMILES string of the molecule is C=COC(OF)(OF)C(OF)=C(OF)OF. The number of hydrogen-bond acceptors (Lipinski definition) is 6. The highest BCUT2D eigenvalue weighted by atomic mass is 19.3. The third-order valence-electron chi connectivity index (χ3n) is 1.12. The van der Waals surface area contributed by atoms with E-state index >= 15 is 0 Å². The Labute approximate surface area is 83.8 Å². The van der Waals surface area contributed by atoms with Gasteiger partial charge in [-0.05, 0) is 9.05 Å². The van der Waals surface area contributed by atoms with Gasteiger partial charge in [0.05, 0.1) is 6.26 Å². The van der Waals surface area contributed by atoms with Crippen molar-refractivity contribution in [2.75, 3.05) is 0 Å². The zero-order valence-electron chi connectivity index (χ0n) is 7.12. The van der Waals surface area contributed by atoms with Gasteiger partial charge in [-0.25, -0.2) is 9.88 Å². The Morgan fingerprint density at radius 1 is 0.938 bits per heavy atom. The predicted octanol–water partition coefficient (Wildman–Crippen LogP) is 2.47. The Balaban J connectivity index is 5.43. The highest BCUT2D eigenvalue weighted by molar-refractivity contribution is 5.02. The third kappa shape index (κ3) is 2.64. The Kier molecular flexibility index (Phi) is 5.95. The zero-order valence-corrected chi connectivity index (χ0v) is 7.12. The van der Waals surface area contributed by atoms with Gasteiger partial charge < -0.3 is 4.74 Å². The van der Waals surface area contributed by atoms with Crippen LogP contribution in [-0.2, 0) is 29.4 Å². The fourth-order valence-electron chi connectivity index (χ4n) is 0.567. The predicted molar refractivity (Wildman–Crippen MR) is 32.0 cm³/mol. The maximum absolute atomic E-state index is 11.9. The molecule has 6 nitrogen and oxygen atoms in total. The van der Waals surface area contributed by atoms with E-state index in [1.165, 1.54) is 0 Å². The smallest absolute Gasteiger partial charge is 0.438 e. The summed E-state index contributed by atoms with van der Waals surface area (Å²) in [7, 11) is 0. The first-order valence-corrected chi connectivity index (χ1v) is 3.14. The molecule has 0 heterocycles. The van der Waals surface area contributed by atoms with Crippen molar-refractivity contribution >= 4 is 0 Å². The first-order valence-electron chi connectivity index (χ1n) is 3.14. The van der Waals surface area contributed by atoms with E-state index < -0.39 is 17.7 Å². The molecule has 0 unspecified atom stereocenters. The van der Waals surface area contributed by atoms with Crippen molar-refractivity contribution in [2.45, 2.75) is 5.97 Å². The first-order chi connectivity index (χ1) is 7.65. The summed E-state index contributed by atoms with van der Waals surface area (Å²) in [4.78, 5) is 13.0. The summed E-state index contributed by atoms with van der Waals surface area (Å²) in [6, 6.07) is 0. The van der Waals surface area contributed by atoms with Crippen molar-refractivity contribution in [3.05, 3.63) is 24.5 Å². The molecule has 11 heteroatoms. The van der Waals surface area contributed by atoms with E-state index in [0.29, 0.717) is 0 Å². The van der Waals surface area contributed by atoms with Crippen molar-refractivity contribution in [2.24, 2.45) is 0 Å². The van der Waals surface area contributed by atoms with Crippen LogP contribution < -0.4 is 0 Å². The fraction of sp³-hybridized carbons (Fsp3) is 0.200. The summed E-state index contributed by atoms with van der Waals surface area (Å²) >= 11 is 0. The monoisotopic (exact) mass is 254 g/mol. The Hall–Kier alpha value is -1.75. The number of rotatable bonds is 8. The van der Waals surface area contributed by atoms with E-state index in [0.717, 1.165) is 0 Å². The highest BCUT2D eigenvalue weighted by Gasteiger charge is 2.51. The minimum absolute atomic E-state index is 0.270. The van der Waals surface area contributed by atoms with Crippen molar-refractivity contribution in [3.8, 4) is 0 Å². The largest absolute Gasteiger partial charge is 0.462 e. The van der Waals surface area contributed by atoms with Gasteiger partial charge >= 0.3 is 17.7 Å². The van der Waals surface area contributed by atoms with E-state index in [4.69, 9.17) is 0 Å². The molecule has 0 rings (SSSR count). The van der Waals surface area contributed by atoms with Gasteiger partial charge in [-0.2, -0.15) is 0 Å². The van der Waals surface area contributed by atoms with E-state index in [2.05, 4.69) is 36.0 Å². The van der Waals surface area contributed by atoms with Gasteiger partial charge in [0, 0.05) is 13.6 Å². The summed E-state index contributed by atoms with van der Waals surface area (Å²) in [5.74, 6) is -7.95. The van der Waals surface area contributed by atoms with Crippen LogP contribution in [0.5, 0.6) is 0 Å². The first kappa shape index (κ1) is 14.2. The fourth-order valence-corrected chi connectivity index (χ4v) is 0.567. The third-order valence-corrected chi connectivity index (χ3v) is 1.12. The van der Waals surface area contributed by atoms with Crippen molar-refractivity contribution in [3.63, 3.8) is 0 Å².